The summed E-state index contributed by atoms with van der Waals surface area (Å²) in [6.45, 7) is 8.64. The van der Waals surface area contributed by atoms with E-state index < -0.39 is 6.04 Å². The van der Waals surface area contributed by atoms with Crippen molar-refractivity contribution in [1.82, 2.24) is 10.2 Å². The van der Waals surface area contributed by atoms with Gasteiger partial charge in [0.1, 0.15) is 23.3 Å². The predicted molar refractivity (Wildman–Crippen MR) is 129 cm³/mol. The molecular formula is C26H36N2O5. The van der Waals surface area contributed by atoms with E-state index in [4.69, 9.17) is 14.2 Å². The summed E-state index contributed by atoms with van der Waals surface area (Å²) in [6, 6.07) is 12.4. The van der Waals surface area contributed by atoms with Crippen LogP contribution in [-0.4, -0.2) is 50.1 Å². The Morgan fingerprint density at radius 3 is 2.18 bits per heavy atom. The normalized spacial score (nSPS) is 11.6. The molecule has 2 aromatic carbocycles. The van der Waals surface area contributed by atoms with Gasteiger partial charge in [0, 0.05) is 31.3 Å². The van der Waals surface area contributed by atoms with Gasteiger partial charge < -0.3 is 24.4 Å². The Morgan fingerprint density at radius 2 is 1.64 bits per heavy atom. The SMILES string of the molecule is CC[C@@H](C(=O)NCC(C)C)N(Cc1cccc(C)c1)C(=O)COc1cc(OC)cc(OC)c1. The number of amides is 2. The molecule has 0 aliphatic rings. The number of benzene rings is 2. The molecule has 0 aromatic heterocycles. The van der Waals surface area contributed by atoms with E-state index in [2.05, 4.69) is 5.32 Å². The topological polar surface area (TPSA) is 77.1 Å². The average molecular weight is 457 g/mol. The number of methoxy groups -OCH3 is 2. The van der Waals surface area contributed by atoms with E-state index in [9.17, 15) is 9.59 Å². The molecule has 0 saturated heterocycles. The van der Waals surface area contributed by atoms with Gasteiger partial charge >= 0.3 is 0 Å². The highest BCUT2D eigenvalue weighted by Gasteiger charge is 2.29. The van der Waals surface area contributed by atoms with Crippen LogP contribution in [0, 0.1) is 12.8 Å². The van der Waals surface area contributed by atoms with Crippen molar-refractivity contribution >= 4 is 11.8 Å². The number of nitrogens with one attached hydrogen (secondary N) is 1. The second-order valence-electron chi connectivity index (χ2n) is 8.41. The third-order valence-corrected chi connectivity index (χ3v) is 5.19. The maximum atomic E-state index is 13.3. The first-order chi connectivity index (χ1) is 15.8. The van der Waals surface area contributed by atoms with Crippen LogP contribution in [0.15, 0.2) is 42.5 Å². The zero-order valence-electron chi connectivity index (χ0n) is 20.5. The number of nitrogens with zero attached hydrogens (tertiary/aromatic N) is 1. The van der Waals surface area contributed by atoms with Gasteiger partial charge in [-0.2, -0.15) is 0 Å². The molecule has 2 aromatic rings. The molecule has 7 heteroatoms. The predicted octanol–water partition coefficient (Wildman–Crippen LogP) is 3.97. The number of carbonyl (C=O) groups is 2. The summed E-state index contributed by atoms with van der Waals surface area (Å²) < 4.78 is 16.3. The largest absolute Gasteiger partial charge is 0.496 e. The van der Waals surface area contributed by atoms with Gasteiger partial charge in [0.05, 0.1) is 14.2 Å². The fourth-order valence-electron chi connectivity index (χ4n) is 3.44. The van der Waals surface area contributed by atoms with E-state index in [0.717, 1.165) is 11.1 Å². The number of carbonyl (C=O) groups excluding carboxylic acids is 2. The maximum Gasteiger partial charge on any atom is 0.261 e. The van der Waals surface area contributed by atoms with Crippen LogP contribution in [0.3, 0.4) is 0 Å². The Kier molecular flexibility index (Phi) is 10.0. The van der Waals surface area contributed by atoms with E-state index in [1.165, 1.54) is 0 Å². The summed E-state index contributed by atoms with van der Waals surface area (Å²) in [4.78, 5) is 27.9. The Labute approximate surface area is 197 Å². The number of aryl methyl sites for hydroxylation is 1. The monoisotopic (exact) mass is 456 g/mol. The summed E-state index contributed by atoms with van der Waals surface area (Å²) in [5, 5.41) is 2.96. The van der Waals surface area contributed by atoms with Gasteiger partial charge in [-0.25, -0.2) is 0 Å². The molecule has 1 N–H and O–H groups in total. The highest BCUT2D eigenvalue weighted by molar-refractivity contribution is 5.88. The highest BCUT2D eigenvalue weighted by atomic mass is 16.5. The minimum Gasteiger partial charge on any atom is -0.496 e. The molecule has 33 heavy (non-hydrogen) atoms. The summed E-state index contributed by atoms with van der Waals surface area (Å²) >= 11 is 0. The molecule has 0 aliphatic heterocycles. The lowest BCUT2D eigenvalue weighted by atomic mass is 10.1. The van der Waals surface area contributed by atoms with Gasteiger partial charge in [-0.3, -0.25) is 9.59 Å². The van der Waals surface area contributed by atoms with E-state index in [0.29, 0.717) is 42.7 Å². The van der Waals surface area contributed by atoms with E-state index in [1.807, 2.05) is 52.0 Å². The van der Waals surface area contributed by atoms with Crippen molar-refractivity contribution in [2.75, 3.05) is 27.4 Å². The summed E-state index contributed by atoms with van der Waals surface area (Å²) in [6.07, 6.45) is 0.495. The second kappa shape index (κ2) is 12.7. The Balaban J connectivity index is 2.23. The molecule has 0 saturated carbocycles. The van der Waals surface area contributed by atoms with Crippen LogP contribution in [-0.2, 0) is 16.1 Å². The van der Waals surface area contributed by atoms with Crippen LogP contribution in [0.4, 0.5) is 0 Å². The fraction of sp³-hybridized carbons (Fsp3) is 0.462. The molecule has 0 bridgehead atoms. The maximum absolute atomic E-state index is 13.3. The van der Waals surface area contributed by atoms with Gasteiger partial charge in [0.15, 0.2) is 6.61 Å². The molecular weight excluding hydrogens is 420 g/mol. The standard InChI is InChI=1S/C26H36N2O5/c1-7-24(26(30)27-15-18(2)3)28(16-20-10-8-9-19(4)11-20)25(29)17-33-23-13-21(31-5)12-22(14-23)32-6/h8-14,18,24H,7,15-17H2,1-6H3,(H,27,30)/t24-/m0/s1. The zero-order chi connectivity index (χ0) is 24.4. The molecule has 0 spiro atoms. The summed E-state index contributed by atoms with van der Waals surface area (Å²) in [5.41, 5.74) is 2.05. The molecule has 0 heterocycles. The minimum absolute atomic E-state index is 0.157. The summed E-state index contributed by atoms with van der Waals surface area (Å²) in [7, 11) is 3.10. The quantitative estimate of drug-likeness (QED) is 0.523. The third kappa shape index (κ3) is 8.00. The van der Waals surface area contributed by atoms with E-state index in [-0.39, 0.29) is 18.4 Å². The van der Waals surface area contributed by atoms with Gasteiger partial charge in [-0.05, 0) is 24.8 Å². The van der Waals surface area contributed by atoms with Crippen LogP contribution in [0.5, 0.6) is 17.2 Å². The van der Waals surface area contributed by atoms with Crippen LogP contribution in [0.2, 0.25) is 0 Å². The molecule has 180 valence electrons. The number of rotatable bonds is 12. The Morgan fingerprint density at radius 1 is 1.00 bits per heavy atom. The van der Waals surface area contributed by atoms with Gasteiger partial charge in [-0.15, -0.1) is 0 Å². The van der Waals surface area contributed by atoms with Gasteiger partial charge in [0.2, 0.25) is 5.91 Å². The van der Waals surface area contributed by atoms with E-state index in [1.54, 1.807) is 37.3 Å². The molecule has 0 radical (unpaired) electrons. The van der Waals surface area contributed by atoms with Crippen LogP contribution < -0.4 is 19.5 Å². The Bertz CT molecular complexity index is 906. The first-order valence-corrected chi connectivity index (χ1v) is 11.3. The summed E-state index contributed by atoms with van der Waals surface area (Å²) in [5.74, 6) is 1.46. The van der Waals surface area contributed by atoms with Crippen LogP contribution in [0.1, 0.15) is 38.3 Å². The number of hydrogen-bond acceptors (Lipinski definition) is 5. The fourth-order valence-corrected chi connectivity index (χ4v) is 3.44. The van der Waals surface area contributed by atoms with Crippen molar-refractivity contribution in [2.24, 2.45) is 5.92 Å². The smallest absolute Gasteiger partial charge is 0.261 e. The van der Waals surface area contributed by atoms with Crippen LogP contribution >= 0.6 is 0 Å². The van der Waals surface area contributed by atoms with Crippen molar-refractivity contribution in [3.63, 3.8) is 0 Å². The molecule has 0 aliphatic carbocycles. The lowest BCUT2D eigenvalue weighted by Gasteiger charge is -2.31. The lowest BCUT2D eigenvalue weighted by Crippen LogP contribution is -2.50. The van der Waals surface area contributed by atoms with Crippen LogP contribution in [0.25, 0.3) is 0 Å². The molecule has 2 rings (SSSR count). The van der Waals surface area contributed by atoms with Crippen molar-refractivity contribution in [3.05, 3.63) is 53.6 Å². The molecule has 2 amide bonds. The number of ether oxygens (including phenoxy) is 3. The molecule has 0 unspecified atom stereocenters. The first-order valence-electron chi connectivity index (χ1n) is 11.3. The first kappa shape index (κ1) is 26.0. The van der Waals surface area contributed by atoms with Crippen molar-refractivity contribution in [1.29, 1.82) is 0 Å². The average Bonchev–Trinajstić information content (AvgIpc) is 2.80. The zero-order valence-corrected chi connectivity index (χ0v) is 20.5. The molecule has 0 fully saturated rings. The molecule has 7 nitrogen and oxygen atoms in total. The van der Waals surface area contributed by atoms with Crippen molar-refractivity contribution in [2.45, 2.75) is 46.7 Å². The van der Waals surface area contributed by atoms with Gasteiger partial charge in [0.25, 0.3) is 5.91 Å². The minimum atomic E-state index is -0.597. The Hall–Kier alpha value is -3.22. The van der Waals surface area contributed by atoms with Gasteiger partial charge in [-0.1, -0.05) is 50.6 Å². The lowest BCUT2D eigenvalue weighted by molar-refractivity contribution is -0.143. The highest BCUT2D eigenvalue weighted by Crippen LogP contribution is 2.27. The van der Waals surface area contributed by atoms with Crippen molar-refractivity contribution in [3.8, 4) is 17.2 Å². The molecule has 1 atom stereocenters. The van der Waals surface area contributed by atoms with E-state index >= 15 is 0 Å². The van der Waals surface area contributed by atoms with Crippen molar-refractivity contribution < 1.29 is 23.8 Å². The third-order valence-electron chi connectivity index (χ3n) is 5.19. The number of hydrogen-bond donors (Lipinski definition) is 1. The second-order valence-corrected chi connectivity index (χ2v) is 8.41.